The molecule has 0 radical (unpaired) electrons. The molecule has 0 unspecified atom stereocenters. The van der Waals surface area contributed by atoms with Crippen LogP contribution in [0.2, 0.25) is 0 Å². The summed E-state index contributed by atoms with van der Waals surface area (Å²) in [6.07, 6.45) is 6.61. The smallest absolute Gasteiger partial charge is 0.321 e. The molecule has 0 spiro atoms. The van der Waals surface area contributed by atoms with E-state index in [0.717, 1.165) is 18.8 Å². The van der Waals surface area contributed by atoms with E-state index in [-0.39, 0.29) is 11.7 Å². The third kappa shape index (κ3) is 6.45. The molecule has 0 aliphatic carbocycles. The van der Waals surface area contributed by atoms with Crippen molar-refractivity contribution in [1.82, 2.24) is 25.4 Å². The Balaban J connectivity index is 1.89. The lowest BCUT2D eigenvalue weighted by atomic mass is 10.1. The molecular weight excluding hydrogens is 352 g/mol. The highest BCUT2D eigenvalue weighted by Gasteiger charge is 2.18. The number of carbonyl (C=O) groups excluding carboxylic acids is 2. The van der Waals surface area contributed by atoms with Gasteiger partial charge in [0.2, 0.25) is 5.91 Å². The Labute approximate surface area is 158 Å². The Morgan fingerprint density at radius 2 is 2.08 bits per heavy atom. The molecule has 1 fully saturated rings. The lowest BCUT2D eigenvalue weighted by Gasteiger charge is -2.23. The van der Waals surface area contributed by atoms with Crippen LogP contribution < -0.4 is 15.5 Å². The first-order valence-corrected chi connectivity index (χ1v) is 10.2. The van der Waals surface area contributed by atoms with Gasteiger partial charge in [0, 0.05) is 13.1 Å². The highest BCUT2D eigenvalue weighted by molar-refractivity contribution is 7.99. The van der Waals surface area contributed by atoms with Crippen LogP contribution in [0.15, 0.2) is 17.8 Å². The predicted octanol–water partition coefficient (Wildman–Crippen LogP) is 0.0132. The largest absolute Gasteiger partial charge is 0.338 e. The van der Waals surface area contributed by atoms with Crippen LogP contribution >= 0.6 is 11.8 Å². The molecular formula is C17H29N6O2S+. The van der Waals surface area contributed by atoms with Gasteiger partial charge in [-0.3, -0.25) is 10.1 Å². The number of urea groups is 1. The minimum Gasteiger partial charge on any atom is -0.338 e. The van der Waals surface area contributed by atoms with Crippen molar-refractivity contribution in [2.45, 2.75) is 44.3 Å². The number of nitrogens with one attached hydrogen (secondary N) is 3. The van der Waals surface area contributed by atoms with Crippen LogP contribution in [-0.4, -0.2) is 58.6 Å². The van der Waals surface area contributed by atoms with Crippen LogP contribution in [0, 0.1) is 0 Å². The van der Waals surface area contributed by atoms with E-state index in [4.69, 9.17) is 0 Å². The van der Waals surface area contributed by atoms with E-state index in [1.165, 1.54) is 44.1 Å². The third-order valence-corrected chi connectivity index (χ3v) is 5.26. The SMILES string of the molecule is C=CCn1c(CC[NH+]2CCCCC2)nnc1SCC(=O)NC(=O)NCC. The summed E-state index contributed by atoms with van der Waals surface area (Å²) in [4.78, 5) is 24.8. The van der Waals surface area contributed by atoms with Gasteiger partial charge in [0.15, 0.2) is 5.16 Å². The summed E-state index contributed by atoms with van der Waals surface area (Å²) >= 11 is 1.28. The van der Waals surface area contributed by atoms with Gasteiger partial charge in [-0.2, -0.15) is 0 Å². The summed E-state index contributed by atoms with van der Waals surface area (Å²) in [7, 11) is 0. The van der Waals surface area contributed by atoms with Crippen molar-refractivity contribution in [2.24, 2.45) is 0 Å². The highest BCUT2D eigenvalue weighted by Crippen LogP contribution is 2.17. The van der Waals surface area contributed by atoms with E-state index >= 15 is 0 Å². The van der Waals surface area contributed by atoms with Crippen LogP contribution in [-0.2, 0) is 17.8 Å². The highest BCUT2D eigenvalue weighted by atomic mass is 32.2. The fourth-order valence-corrected chi connectivity index (χ4v) is 3.78. The van der Waals surface area contributed by atoms with E-state index in [1.54, 1.807) is 17.9 Å². The van der Waals surface area contributed by atoms with Crippen LogP contribution in [0.25, 0.3) is 0 Å². The standard InChI is InChI=1S/C17H28N6O2S/c1-3-9-23-14(8-12-22-10-6-5-7-11-22)20-21-17(23)26-13-15(24)19-16(25)18-4-2/h3H,1,4-13H2,2H3,(H2,18,19,24,25)/p+1. The van der Waals surface area contributed by atoms with Crippen LogP contribution in [0.4, 0.5) is 4.79 Å². The Kier molecular flexibility index (Phi) is 8.63. The maximum Gasteiger partial charge on any atom is 0.321 e. The second-order valence-corrected chi connectivity index (χ2v) is 7.25. The Bertz CT molecular complexity index is 612. The molecule has 3 N–H and O–H groups in total. The monoisotopic (exact) mass is 381 g/mol. The maximum atomic E-state index is 11.8. The molecule has 0 bridgehead atoms. The first-order chi connectivity index (χ1) is 12.6. The van der Waals surface area contributed by atoms with Crippen molar-refractivity contribution in [2.75, 3.05) is 31.9 Å². The van der Waals surface area contributed by atoms with Gasteiger partial charge >= 0.3 is 6.03 Å². The average Bonchev–Trinajstić information content (AvgIpc) is 3.01. The molecule has 1 saturated heterocycles. The van der Waals surface area contributed by atoms with Crippen molar-refractivity contribution >= 4 is 23.7 Å². The number of amides is 3. The number of hydrogen-bond acceptors (Lipinski definition) is 5. The zero-order chi connectivity index (χ0) is 18.8. The van der Waals surface area contributed by atoms with Gasteiger partial charge in [0.1, 0.15) is 5.82 Å². The number of imide groups is 1. The number of thioether (sulfide) groups is 1. The molecule has 1 aliphatic rings. The summed E-state index contributed by atoms with van der Waals surface area (Å²) in [5.74, 6) is 0.687. The van der Waals surface area contributed by atoms with Gasteiger partial charge in [-0.05, 0) is 26.2 Å². The Hall–Kier alpha value is -1.87. The maximum absolute atomic E-state index is 11.8. The molecule has 1 aromatic rings. The minimum atomic E-state index is -0.476. The fourth-order valence-electron chi connectivity index (χ4n) is 3.01. The molecule has 2 rings (SSSR count). The molecule has 0 atom stereocenters. The van der Waals surface area contributed by atoms with E-state index < -0.39 is 6.03 Å². The van der Waals surface area contributed by atoms with E-state index in [0.29, 0.717) is 18.2 Å². The third-order valence-electron chi connectivity index (χ3n) is 4.29. The van der Waals surface area contributed by atoms with Crippen LogP contribution in [0.3, 0.4) is 0 Å². The summed E-state index contributed by atoms with van der Waals surface area (Å²) in [5, 5.41) is 14.0. The second kappa shape index (κ2) is 11.0. The summed E-state index contributed by atoms with van der Waals surface area (Å²) in [6.45, 7) is 10.2. The molecule has 0 aromatic carbocycles. The summed E-state index contributed by atoms with van der Waals surface area (Å²) in [6, 6.07) is -0.476. The summed E-state index contributed by atoms with van der Waals surface area (Å²) in [5.41, 5.74) is 0. The minimum absolute atomic E-state index is 0.115. The Morgan fingerprint density at radius 3 is 2.77 bits per heavy atom. The fraction of sp³-hybridized carbons (Fsp3) is 0.647. The molecule has 2 heterocycles. The molecule has 144 valence electrons. The average molecular weight is 382 g/mol. The van der Waals surface area contributed by atoms with E-state index in [2.05, 4.69) is 27.4 Å². The number of carbonyl (C=O) groups is 2. The van der Waals surface area contributed by atoms with Gasteiger partial charge < -0.3 is 14.8 Å². The van der Waals surface area contributed by atoms with Crippen LogP contribution in [0.5, 0.6) is 0 Å². The van der Waals surface area contributed by atoms with Gasteiger partial charge in [-0.15, -0.1) is 16.8 Å². The number of hydrogen-bond donors (Lipinski definition) is 3. The van der Waals surface area contributed by atoms with Gasteiger partial charge in [-0.25, -0.2) is 4.79 Å². The van der Waals surface area contributed by atoms with Gasteiger partial charge in [0.05, 0.1) is 31.8 Å². The van der Waals surface area contributed by atoms with Crippen molar-refractivity contribution in [3.05, 3.63) is 18.5 Å². The van der Waals surface area contributed by atoms with E-state index in [1.807, 2.05) is 4.57 Å². The van der Waals surface area contributed by atoms with Crippen LogP contribution in [0.1, 0.15) is 32.0 Å². The van der Waals surface area contributed by atoms with Gasteiger partial charge in [0.25, 0.3) is 0 Å². The zero-order valence-electron chi connectivity index (χ0n) is 15.4. The zero-order valence-corrected chi connectivity index (χ0v) is 16.2. The second-order valence-electron chi connectivity index (χ2n) is 6.31. The predicted molar refractivity (Wildman–Crippen MR) is 101 cm³/mol. The topological polar surface area (TPSA) is 93.3 Å². The lowest BCUT2D eigenvalue weighted by Crippen LogP contribution is -3.13. The Morgan fingerprint density at radius 1 is 1.31 bits per heavy atom. The number of rotatable bonds is 9. The van der Waals surface area contributed by atoms with Gasteiger partial charge in [-0.1, -0.05) is 17.8 Å². The molecule has 8 nitrogen and oxygen atoms in total. The number of nitrogens with zero attached hydrogens (tertiary/aromatic N) is 3. The molecule has 26 heavy (non-hydrogen) atoms. The van der Waals surface area contributed by atoms with E-state index in [9.17, 15) is 9.59 Å². The quantitative estimate of drug-likeness (QED) is 0.414. The first kappa shape index (κ1) is 20.4. The molecule has 9 heteroatoms. The molecule has 1 aliphatic heterocycles. The van der Waals surface area contributed by atoms with Crippen molar-refractivity contribution in [1.29, 1.82) is 0 Å². The number of aromatic nitrogens is 3. The van der Waals surface area contributed by atoms with Crippen molar-refractivity contribution in [3.8, 4) is 0 Å². The number of quaternary nitrogens is 1. The number of piperidine rings is 1. The lowest BCUT2D eigenvalue weighted by molar-refractivity contribution is -0.904. The first-order valence-electron chi connectivity index (χ1n) is 9.21. The molecule has 3 amide bonds. The van der Waals surface area contributed by atoms with Crippen molar-refractivity contribution in [3.63, 3.8) is 0 Å². The normalized spacial score (nSPS) is 14.8. The molecule has 0 saturated carbocycles. The number of allylic oxidation sites excluding steroid dienone is 1. The number of likely N-dealkylation sites (tertiary alicyclic amines) is 1. The van der Waals surface area contributed by atoms with Crippen molar-refractivity contribution < 1.29 is 14.5 Å². The summed E-state index contributed by atoms with van der Waals surface area (Å²) < 4.78 is 2.00. The molecule has 1 aromatic heterocycles.